The Morgan fingerprint density at radius 1 is 1.22 bits per heavy atom. The van der Waals surface area contributed by atoms with Gasteiger partial charge in [-0.1, -0.05) is 0 Å². The van der Waals surface area contributed by atoms with E-state index in [1.165, 1.54) is 6.42 Å². The van der Waals surface area contributed by atoms with Crippen LogP contribution in [0.25, 0.3) is 0 Å². The minimum atomic E-state index is -0.445. The molecule has 1 fully saturated rings. The maximum absolute atomic E-state index is 12.0. The highest BCUT2D eigenvalue weighted by molar-refractivity contribution is 5.87. The Kier molecular flexibility index (Phi) is 7.95. The van der Waals surface area contributed by atoms with Crippen LogP contribution < -0.4 is 11.1 Å². The van der Waals surface area contributed by atoms with Gasteiger partial charge in [-0.25, -0.2) is 0 Å². The van der Waals surface area contributed by atoms with E-state index in [0.29, 0.717) is 0 Å². The van der Waals surface area contributed by atoms with Crippen molar-refractivity contribution < 1.29 is 9.59 Å². The molecule has 0 aromatic rings. The number of nitrogens with one attached hydrogen (secondary N) is 1. The van der Waals surface area contributed by atoms with Crippen LogP contribution in [0.15, 0.2) is 0 Å². The molecule has 5 nitrogen and oxygen atoms in total. The van der Waals surface area contributed by atoms with Gasteiger partial charge in [-0.3, -0.25) is 9.59 Å². The zero-order valence-corrected chi connectivity index (χ0v) is 12.0. The smallest absolute Gasteiger partial charge is 0.244 e. The van der Waals surface area contributed by atoms with Crippen LogP contribution in [0.5, 0.6) is 0 Å². The molecule has 1 aliphatic rings. The quantitative estimate of drug-likeness (QED) is 0.793. The maximum Gasteiger partial charge on any atom is 0.244 e. The third-order valence-electron chi connectivity index (χ3n) is 2.92. The first-order valence-corrected chi connectivity index (χ1v) is 6.34. The summed E-state index contributed by atoms with van der Waals surface area (Å²) < 4.78 is 0. The van der Waals surface area contributed by atoms with E-state index >= 15 is 0 Å². The molecule has 0 spiro atoms. The number of carbonyl (C=O) groups is 2. The average molecular weight is 278 g/mol. The van der Waals surface area contributed by atoms with Gasteiger partial charge in [0.1, 0.15) is 6.04 Å². The monoisotopic (exact) mass is 277 g/mol. The Balaban J connectivity index is 0.00000289. The molecule has 1 heterocycles. The molecule has 0 bridgehead atoms. The lowest BCUT2D eigenvalue weighted by atomic mass is 10.1. The van der Waals surface area contributed by atoms with E-state index in [-0.39, 0.29) is 36.7 Å². The van der Waals surface area contributed by atoms with Gasteiger partial charge >= 0.3 is 0 Å². The number of hydrogen-bond donors (Lipinski definition) is 2. The normalized spacial score (nSPS) is 18.5. The highest BCUT2D eigenvalue weighted by Crippen LogP contribution is 2.09. The fraction of sp³-hybridized carbons (Fsp3) is 0.833. The Labute approximate surface area is 115 Å². The van der Waals surface area contributed by atoms with Crippen molar-refractivity contribution in [2.75, 3.05) is 13.1 Å². The van der Waals surface area contributed by atoms with E-state index in [1.54, 1.807) is 13.8 Å². The van der Waals surface area contributed by atoms with Crippen molar-refractivity contribution in [3.63, 3.8) is 0 Å². The molecule has 2 amide bonds. The van der Waals surface area contributed by atoms with E-state index in [1.807, 2.05) is 4.90 Å². The molecular formula is C12H24ClN3O2. The summed E-state index contributed by atoms with van der Waals surface area (Å²) in [4.78, 5) is 25.3. The van der Waals surface area contributed by atoms with Crippen molar-refractivity contribution in [3.8, 4) is 0 Å². The summed E-state index contributed by atoms with van der Waals surface area (Å²) in [5.74, 6) is -0.138. The van der Waals surface area contributed by atoms with Crippen LogP contribution in [0.3, 0.4) is 0 Å². The van der Waals surface area contributed by atoms with Gasteiger partial charge in [0, 0.05) is 25.6 Å². The minimum absolute atomic E-state index is 0. The Morgan fingerprint density at radius 3 is 2.28 bits per heavy atom. The Morgan fingerprint density at radius 2 is 1.78 bits per heavy atom. The summed E-state index contributed by atoms with van der Waals surface area (Å²) in [6.07, 6.45) is 3.57. The van der Waals surface area contributed by atoms with Crippen molar-refractivity contribution in [3.05, 3.63) is 0 Å². The van der Waals surface area contributed by atoms with Crippen molar-refractivity contribution in [2.24, 2.45) is 5.73 Å². The molecule has 1 aliphatic heterocycles. The summed E-state index contributed by atoms with van der Waals surface area (Å²) in [7, 11) is 0. The molecule has 0 aliphatic carbocycles. The lowest BCUT2D eigenvalue weighted by Gasteiger charge is -2.29. The molecule has 3 N–H and O–H groups in total. The first kappa shape index (κ1) is 17.2. The van der Waals surface area contributed by atoms with Gasteiger partial charge in [0.05, 0.1) is 0 Å². The molecule has 6 heteroatoms. The van der Waals surface area contributed by atoms with Gasteiger partial charge < -0.3 is 16.0 Å². The third kappa shape index (κ3) is 5.69. The second-order valence-electron chi connectivity index (χ2n) is 4.86. The van der Waals surface area contributed by atoms with Crippen molar-refractivity contribution >= 4 is 24.2 Å². The van der Waals surface area contributed by atoms with Gasteiger partial charge in [-0.15, -0.1) is 12.4 Å². The maximum atomic E-state index is 12.0. The van der Waals surface area contributed by atoms with Gasteiger partial charge in [0.25, 0.3) is 0 Å². The molecule has 0 aromatic heterocycles. The van der Waals surface area contributed by atoms with Crippen molar-refractivity contribution in [1.82, 2.24) is 10.2 Å². The van der Waals surface area contributed by atoms with Gasteiger partial charge in [0.2, 0.25) is 11.8 Å². The van der Waals surface area contributed by atoms with Crippen LogP contribution in [-0.2, 0) is 9.59 Å². The van der Waals surface area contributed by atoms with E-state index < -0.39 is 6.04 Å². The Bertz CT molecular complexity index is 278. The Hall–Kier alpha value is -0.810. The lowest BCUT2D eigenvalue weighted by molar-refractivity contribution is -0.136. The number of hydrogen-bond acceptors (Lipinski definition) is 3. The topological polar surface area (TPSA) is 75.4 Å². The number of nitrogens with two attached hydrogens (primary N) is 1. The summed E-state index contributed by atoms with van der Waals surface area (Å²) in [5, 5.41) is 2.70. The van der Waals surface area contributed by atoms with Crippen LogP contribution in [0.1, 0.15) is 39.5 Å². The van der Waals surface area contributed by atoms with Gasteiger partial charge in [-0.2, -0.15) is 0 Å². The molecule has 0 saturated carbocycles. The van der Waals surface area contributed by atoms with Crippen LogP contribution in [0.4, 0.5) is 0 Å². The van der Waals surface area contributed by atoms with Crippen LogP contribution >= 0.6 is 12.4 Å². The summed E-state index contributed by atoms with van der Waals surface area (Å²) in [6, 6.07) is -0.619. The van der Waals surface area contributed by atoms with Crippen LogP contribution in [0, 0.1) is 0 Å². The molecule has 0 aromatic carbocycles. The molecule has 106 valence electrons. The number of amides is 2. The third-order valence-corrected chi connectivity index (χ3v) is 2.92. The van der Waals surface area contributed by atoms with Crippen LogP contribution in [0.2, 0.25) is 0 Å². The number of rotatable bonds is 4. The summed E-state index contributed by atoms with van der Waals surface area (Å²) in [6.45, 7) is 5.13. The SMILES string of the molecule is CC(N)CC(=O)N[C@@H](C)C(=O)N1CCCCC1.Cl. The number of likely N-dealkylation sites (tertiary alicyclic amines) is 1. The number of piperidine rings is 1. The molecule has 2 atom stereocenters. The fourth-order valence-electron chi connectivity index (χ4n) is 2.04. The second-order valence-corrected chi connectivity index (χ2v) is 4.86. The van der Waals surface area contributed by atoms with E-state index in [9.17, 15) is 9.59 Å². The predicted molar refractivity (Wildman–Crippen MR) is 73.6 cm³/mol. The van der Waals surface area contributed by atoms with Gasteiger partial charge in [0.15, 0.2) is 0 Å². The minimum Gasteiger partial charge on any atom is -0.345 e. The average Bonchev–Trinajstić information content (AvgIpc) is 2.28. The number of carbonyl (C=O) groups excluding carboxylic acids is 2. The van der Waals surface area contributed by atoms with Crippen molar-refractivity contribution in [1.29, 1.82) is 0 Å². The zero-order chi connectivity index (χ0) is 12.8. The van der Waals surface area contributed by atoms with E-state index in [0.717, 1.165) is 25.9 Å². The molecule has 0 radical (unpaired) electrons. The zero-order valence-electron chi connectivity index (χ0n) is 11.1. The first-order valence-electron chi connectivity index (χ1n) is 6.34. The molecule has 1 rings (SSSR count). The van der Waals surface area contributed by atoms with Gasteiger partial charge in [-0.05, 0) is 33.1 Å². The lowest BCUT2D eigenvalue weighted by Crippen LogP contribution is -2.49. The second kappa shape index (κ2) is 8.32. The number of halogens is 1. The van der Waals surface area contributed by atoms with Crippen LogP contribution in [-0.4, -0.2) is 41.9 Å². The molecule has 1 unspecified atom stereocenters. The summed E-state index contributed by atoms with van der Waals surface area (Å²) in [5.41, 5.74) is 5.53. The molecule has 1 saturated heterocycles. The standard InChI is InChI=1S/C12H23N3O2.ClH/c1-9(13)8-11(16)14-10(2)12(17)15-6-4-3-5-7-15;/h9-10H,3-8,13H2,1-2H3,(H,14,16);1H/t9?,10-;/m0./s1. The van der Waals surface area contributed by atoms with Crippen molar-refractivity contribution in [2.45, 2.75) is 51.6 Å². The van der Waals surface area contributed by atoms with E-state index in [2.05, 4.69) is 5.32 Å². The number of nitrogens with zero attached hydrogens (tertiary/aromatic N) is 1. The molecule has 18 heavy (non-hydrogen) atoms. The van der Waals surface area contributed by atoms with E-state index in [4.69, 9.17) is 5.73 Å². The highest BCUT2D eigenvalue weighted by atomic mass is 35.5. The first-order chi connectivity index (χ1) is 8.00. The fourth-order valence-corrected chi connectivity index (χ4v) is 2.04. The molecular weight excluding hydrogens is 254 g/mol. The highest BCUT2D eigenvalue weighted by Gasteiger charge is 2.23. The predicted octanol–water partition coefficient (Wildman–Crippen LogP) is 0.663. The largest absolute Gasteiger partial charge is 0.345 e. The summed E-state index contributed by atoms with van der Waals surface area (Å²) >= 11 is 0.